The van der Waals surface area contributed by atoms with E-state index in [0.717, 1.165) is 38.5 Å². The zero-order chi connectivity index (χ0) is 27.1. The fraction of sp³-hybridized carbons (Fsp3) is 0.750. The van der Waals surface area contributed by atoms with Gasteiger partial charge in [-0.05, 0) is 0 Å². The van der Waals surface area contributed by atoms with Crippen LogP contribution in [0.3, 0.4) is 0 Å². The molecule has 3 rings (SSSR count). The van der Waals surface area contributed by atoms with Gasteiger partial charge in [-0.2, -0.15) is 0 Å². The number of likely N-dealkylation sites (tertiary alicyclic amines) is 3. The van der Waals surface area contributed by atoms with Crippen LogP contribution in [-0.4, -0.2) is 120 Å². The van der Waals surface area contributed by atoms with Crippen molar-refractivity contribution in [2.45, 2.75) is 96.7 Å². The molecule has 3 amide bonds. The van der Waals surface area contributed by atoms with Crippen molar-refractivity contribution in [3.05, 3.63) is 0 Å². The van der Waals surface area contributed by atoms with Gasteiger partial charge in [-0.1, -0.05) is 0 Å². The molecule has 3 fully saturated rings. The van der Waals surface area contributed by atoms with Crippen LogP contribution in [-0.2, 0) is 25.0 Å². The van der Waals surface area contributed by atoms with Crippen molar-refractivity contribution in [1.29, 1.82) is 0 Å². The van der Waals surface area contributed by atoms with Gasteiger partial charge in [0.05, 0.1) is 0 Å². The third kappa shape index (κ3) is 7.50. The quantitative estimate of drug-likeness (QED) is 0.332. The molecule has 204 valence electrons. The number of hydrogen-bond donors (Lipinski definition) is 0. The van der Waals surface area contributed by atoms with Crippen LogP contribution in [0.25, 0.3) is 0 Å². The first-order chi connectivity index (χ1) is 17.6. The first kappa shape index (κ1) is 29.0. The average molecular weight is 583 g/mol. The summed E-state index contributed by atoms with van der Waals surface area (Å²) in [5, 5.41) is 0. The molecule has 0 aliphatic carbocycles. The summed E-state index contributed by atoms with van der Waals surface area (Å²) in [7, 11) is 0. The Morgan fingerprint density at radius 3 is 1.08 bits per heavy atom. The molecular formula is C24H39GaN3O9+3. The molecule has 12 nitrogen and oxygen atoms in total. The molecular weight excluding hydrogens is 544 g/mol. The molecule has 0 aromatic rings. The van der Waals surface area contributed by atoms with Gasteiger partial charge < -0.3 is 0 Å². The summed E-state index contributed by atoms with van der Waals surface area (Å²) in [6, 6.07) is -2.33. The average Bonchev–Trinajstić information content (AvgIpc) is 2.88. The van der Waals surface area contributed by atoms with Crippen molar-refractivity contribution >= 4 is 52.9 Å². The van der Waals surface area contributed by atoms with Gasteiger partial charge in [-0.25, -0.2) is 0 Å². The molecule has 0 aromatic carbocycles. The first-order valence-electron chi connectivity index (χ1n) is 13.1. The Kier molecular flexibility index (Phi) is 10.4. The van der Waals surface area contributed by atoms with Crippen LogP contribution in [0.5, 0.6) is 0 Å². The molecule has 3 atom stereocenters. The SMILES string of the molecule is CC(=[OH+])N1CCCCC1C(=O)[O][Ga]([O]C(=O)C1CCCCN1C(C)=[OH+])[O]C(=O)C1CCCCN1C(C)=[OH+]. The zero-order valence-electron chi connectivity index (χ0n) is 21.9. The number of carbonyl (C=O) groups is 3. The molecule has 3 heterocycles. The van der Waals surface area contributed by atoms with Gasteiger partial charge in [0, 0.05) is 0 Å². The Hall–Kier alpha value is -2.54. The first-order valence-corrected chi connectivity index (χ1v) is 16.1. The second-order valence-electron chi connectivity index (χ2n) is 9.86. The van der Waals surface area contributed by atoms with Crippen molar-refractivity contribution < 1.29 is 39.4 Å². The van der Waals surface area contributed by atoms with E-state index in [4.69, 9.17) is 10.6 Å². The van der Waals surface area contributed by atoms with E-state index >= 15 is 0 Å². The summed E-state index contributed by atoms with van der Waals surface area (Å²) in [6.45, 7) is 5.89. The van der Waals surface area contributed by atoms with Crippen LogP contribution in [0.15, 0.2) is 0 Å². The van der Waals surface area contributed by atoms with Crippen molar-refractivity contribution in [2.75, 3.05) is 19.6 Å². The van der Waals surface area contributed by atoms with E-state index in [9.17, 15) is 28.8 Å². The Bertz CT molecular complexity index is 800. The van der Waals surface area contributed by atoms with Gasteiger partial charge in [-0.15, -0.1) is 0 Å². The monoisotopic (exact) mass is 582 g/mol. The van der Waals surface area contributed by atoms with Crippen LogP contribution in [0, 0.1) is 0 Å². The second-order valence-corrected chi connectivity index (χ2v) is 12.6. The van der Waals surface area contributed by atoms with Gasteiger partial charge >= 0.3 is 223 Å². The van der Waals surface area contributed by atoms with E-state index < -0.39 is 53.3 Å². The van der Waals surface area contributed by atoms with Crippen molar-refractivity contribution in [3.63, 3.8) is 0 Å². The predicted molar refractivity (Wildman–Crippen MR) is 135 cm³/mol. The molecule has 13 heteroatoms. The number of hydrogen-bond acceptors (Lipinski definition) is 6. The fourth-order valence-corrected chi connectivity index (χ4v) is 7.77. The van der Waals surface area contributed by atoms with E-state index in [1.807, 2.05) is 0 Å². The van der Waals surface area contributed by atoms with Gasteiger partial charge in [0.2, 0.25) is 0 Å². The minimum atomic E-state index is -4.31. The van der Waals surface area contributed by atoms with E-state index in [2.05, 4.69) is 0 Å². The normalized spacial score (nSPS) is 24.1. The molecule has 3 aliphatic heterocycles. The molecule has 3 saturated heterocycles. The zero-order valence-corrected chi connectivity index (χ0v) is 24.4. The summed E-state index contributed by atoms with van der Waals surface area (Å²) < 4.78 is 16.8. The second kappa shape index (κ2) is 13.3. The van der Waals surface area contributed by atoms with Crippen LogP contribution in [0.1, 0.15) is 78.6 Å². The number of piperidine rings is 3. The standard InChI is InChI=1S/3C8H13NO3.Ga/c3*1-6(10)9-5-3-2-4-7(9)8(11)12;/h3*7H,2-5H2,1H3,(H,11,12);/q;;;+3. The molecule has 0 saturated carbocycles. The van der Waals surface area contributed by atoms with E-state index in [-0.39, 0.29) is 17.7 Å². The van der Waals surface area contributed by atoms with Crippen LogP contribution in [0.4, 0.5) is 0 Å². The fourth-order valence-electron chi connectivity index (χ4n) is 5.28. The topological polar surface area (TPSA) is 153 Å². The van der Waals surface area contributed by atoms with Gasteiger partial charge in [0.15, 0.2) is 0 Å². The van der Waals surface area contributed by atoms with Crippen molar-refractivity contribution in [1.82, 2.24) is 14.7 Å². The van der Waals surface area contributed by atoms with Crippen molar-refractivity contribution in [3.8, 4) is 0 Å². The third-order valence-electron chi connectivity index (χ3n) is 7.21. The Morgan fingerprint density at radius 2 is 0.838 bits per heavy atom. The molecule has 0 bridgehead atoms. The molecule has 0 spiro atoms. The molecule has 0 aromatic heterocycles. The van der Waals surface area contributed by atoms with E-state index in [1.165, 1.54) is 35.5 Å². The van der Waals surface area contributed by atoms with Gasteiger partial charge in [0.25, 0.3) is 0 Å². The van der Waals surface area contributed by atoms with E-state index in [1.54, 1.807) is 0 Å². The third-order valence-corrected chi connectivity index (χ3v) is 9.88. The Balaban J connectivity index is 1.78. The van der Waals surface area contributed by atoms with E-state index in [0.29, 0.717) is 38.9 Å². The molecule has 3 unspecified atom stereocenters. The maximum atomic E-state index is 13.2. The van der Waals surface area contributed by atoms with Gasteiger partial charge in [-0.3, -0.25) is 0 Å². The maximum absolute atomic E-state index is 13.2. The summed E-state index contributed by atoms with van der Waals surface area (Å²) in [6.07, 6.45) is 6.01. The molecule has 3 aliphatic rings. The molecule has 3 N–H and O–H groups in total. The molecule has 0 radical (unpaired) electrons. The number of amides is 3. The van der Waals surface area contributed by atoms with Gasteiger partial charge in [0.1, 0.15) is 0 Å². The van der Waals surface area contributed by atoms with Crippen LogP contribution >= 0.6 is 0 Å². The number of rotatable bonds is 6. The Morgan fingerprint density at radius 1 is 0.568 bits per heavy atom. The summed E-state index contributed by atoms with van der Waals surface area (Å²) in [4.78, 5) is 74.2. The Labute approximate surface area is 223 Å². The van der Waals surface area contributed by atoms with Crippen LogP contribution in [0.2, 0.25) is 0 Å². The van der Waals surface area contributed by atoms with Crippen molar-refractivity contribution in [2.24, 2.45) is 0 Å². The summed E-state index contributed by atoms with van der Waals surface area (Å²) in [5.41, 5.74) is 0. The molecule has 37 heavy (non-hydrogen) atoms. The number of carbonyl (C=O) groups excluding carboxylic acids is 6. The number of nitrogens with zero attached hydrogens (tertiary/aromatic N) is 3. The summed E-state index contributed by atoms with van der Waals surface area (Å²) >= 11 is -4.31. The van der Waals surface area contributed by atoms with Crippen LogP contribution < -0.4 is 0 Å². The summed E-state index contributed by atoms with van der Waals surface area (Å²) in [5.74, 6) is -2.19. The predicted octanol–water partition coefficient (Wildman–Crippen LogP) is 0.731. The minimum absolute atomic E-state index is 0.0155.